The van der Waals surface area contributed by atoms with E-state index in [1.807, 2.05) is 69.7 Å². The number of amides is 1. The number of halogens is 1. The third-order valence-corrected chi connectivity index (χ3v) is 5.97. The van der Waals surface area contributed by atoms with Gasteiger partial charge < -0.3 is 15.0 Å². The Morgan fingerprint density at radius 3 is 2.70 bits per heavy atom. The predicted octanol–water partition coefficient (Wildman–Crippen LogP) is 5.81. The maximum atomic E-state index is 13.0. The first-order chi connectivity index (χ1) is 14.3. The van der Waals surface area contributed by atoms with Gasteiger partial charge in [-0.25, -0.2) is 0 Å². The minimum Gasteiger partial charge on any atom is -0.492 e. The van der Waals surface area contributed by atoms with Gasteiger partial charge in [0, 0.05) is 22.0 Å². The van der Waals surface area contributed by atoms with E-state index in [2.05, 4.69) is 22.3 Å². The SMILES string of the molecule is Cc1ccc(OCCN(C)C)cc1C(=O)N[C@H](C)c1cc(Cl)cc(-c2cccs2)c1. The Kier molecular flexibility index (Phi) is 7.53. The summed E-state index contributed by atoms with van der Waals surface area (Å²) in [5.41, 5.74) is 3.55. The summed E-state index contributed by atoms with van der Waals surface area (Å²) in [6.07, 6.45) is 0. The average Bonchev–Trinajstić information content (AvgIpc) is 3.23. The summed E-state index contributed by atoms with van der Waals surface area (Å²) in [5, 5.41) is 5.79. The molecule has 30 heavy (non-hydrogen) atoms. The molecule has 0 aliphatic heterocycles. The van der Waals surface area contributed by atoms with Gasteiger partial charge in [0.1, 0.15) is 12.4 Å². The highest BCUT2D eigenvalue weighted by atomic mass is 35.5. The van der Waals surface area contributed by atoms with Crippen LogP contribution < -0.4 is 10.1 Å². The standard InChI is InChI=1S/C24H27ClN2O2S/c1-16-7-8-21(29-10-9-27(3)4)15-22(16)24(28)26-17(2)18-12-19(14-20(25)13-18)23-6-5-11-30-23/h5-8,11-15,17H,9-10H2,1-4H3,(H,26,28)/t17-/m1/s1. The minimum atomic E-state index is -0.187. The average molecular weight is 443 g/mol. The van der Waals surface area contributed by atoms with Crippen LogP contribution in [0.15, 0.2) is 53.9 Å². The Morgan fingerprint density at radius 2 is 2.00 bits per heavy atom. The first-order valence-corrected chi connectivity index (χ1v) is 11.1. The third kappa shape index (κ3) is 5.85. The van der Waals surface area contributed by atoms with Crippen LogP contribution in [0, 0.1) is 6.92 Å². The number of nitrogens with zero attached hydrogens (tertiary/aromatic N) is 1. The monoisotopic (exact) mass is 442 g/mol. The Balaban J connectivity index is 1.74. The van der Waals surface area contributed by atoms with E-state index in [9.17, 15) is 4.79 Å². The van der Waals surface area contributed by atoms with Gasteiger partial charge in [0.05, 0.1) is 6.04 Å². The van der Waals surface area contributed by atoms with Gasteiger partial charge in [0.2, 0.25) is 0 Å². The number of aryl methyl sites for hydroxylation is 1. The van der Waals surface area contributed by atoms with Crippen molar-refractivity contribution in [3.8, 4) is 16.2 Å². The van der Waals surface area contributed by atoms with Gasteiger partial charge >= 0.3 is 0 Å². The first kappa shape index (κ1) is 22.3. The molecule has 0 aliphatic rings. The van der Waals surface area contributed by atoms with Crippen LogP contribution in [-0.4, -0.2) is 38.1 Å². The van der Waals surface area contributed by atoms with E-state index in [1.54, 1.807) is 11.3 Å². The maximum absolute atomic E-state index is 13.0. The molecule has 0 saturated carbocycles. The molecule has 3 aromatic rings. The lowest BCUT2D eigenvalue weighted by Gasteiger charge is -2.17. The molecule has 1 N–H and O–H groups in total. The van der Waals surface area contributed by atoms with Crippen molar-refractivity contribution in [1.82, 2.24) is 10.2 Å². The molecular formula is C24H27ClN2O2S. The molecule has 1 heterocycles. The molecule has 1 aromatic heterocycles. The number of likely N-dealkylation sites (N-methyl/N-ethyl adjacent to an activating group) is 1. The molecule has 0 unspecified atom stereocenters. The number of nitrogens with one attached hydrogen (secondary N) is 1. The smallest absolute Gasteiger partial charge is 0.252 e. The van der Waals surface area contributed by atoms with Gasteiger partial charge in [-0.2, -0.15) is 0 Å². The third-order valence-electron chi connectivity index (χ3n) is 4.83. The van der Waals surface area contributed by atoms with Crippen molar-refractivity contribution in [3.05, 3.63) is 75.6 Å². The van der Waals surface area contributed by atoms with Gasteiger partial charge in [-0.1, -0.05) is 23.7 Å². The van der Waals surface area contributed by atoms with E-state index in [1.165, 1.54) is 0 Å². The molecule has 3 rings (SSSR count). The second-order valence-electron chi connectivity index (χ2n) is 7.57. The number of rotatable bonds is 8. The van der Waals surface area contributed by atoms with Crippen molar-refractivity contribution in [2.24, 2.45) is 0 Å². The fourth-order valence-corrected chi connectivity index (χ4v) is 4.05. The highest BCUT2D eigenvalue weighted by molar-refractivity contribution is 7.13. The second-order valence-corrected chi connectivity index (χ2v) is 8.96. The van der Waals surface area contributed by atoms with Crippen molar-refractivity contribution in [2.75, 3.05) is 27.2 Å². The fraction of sp³-hybridized carbons (Fsp3) is 0.292. The number of carbonyl (C=O) groups excluding carboxylic acids is 1. The maximum Gasteiger partial charge on any atom is 0.252 e. The zero-order chi connectivity index (χ0) is 21.7. The lowest BCUT2D eigenvalue weighted by Crippen LogP contribution is -2.27. The molecule has 4 nitrogen and oxygen atoms in total. The molecule has 0 bridgehead atoms. The Bertz CT molecular complexity index is 1000. The van der Waals surface area contributed by atoms with E-state index in [0.29, 0.717) is 22.9 Å². The molecule has 2 aromatic carbocycles. The predicted molar refractivity (Wildman–Crippen MR) is 126 cm³/mol. The number of thiophene rings is 1. The summed E-state index contributed by atoms with van der Waals surface area (Å²) in [4.78, 5) is 16.2. The molecule has 0 fully saturated rings. The normalized spacial score (nSPS) is 12.1. The van der Waals surface area contributed by atoms with Crippen molar-refractivity contribution < 1.29 is 9.53 Å². The summed E-state index contributed by atoms with van der Waals surface area (Å²) in [7, 11) is 4.00. The Hall–Kier alpha value is -2.34. The summed E-state index contributed by atoms with van der Waals surface area (Å²) in [6, 6.07) is 15.4. The number of hydrogen-bond donors (Lipinski definition) is 1. The molecule has 0 saturated heterocycles. The second kappa shape index (κ2) is 10.1. The summed E-state index contributed by atoms with van der Waals surface area (Å²) in [6.45, 7) is 5.28. The zero-order valence-corrected chi connectivity index (χ0v) is 19.3. The van der Waals surface area contributed by atoms with Crippen molar-refractivity contribution in [1.29, 1.82) is 0 Å². The molecular weight excluding hydrogens is 416 g/mol. The van der Waals surface area contributed by atoms with Crippen molar-refractivity contribution in [3.63, 3.8) is 0 Å². The van der Waals surface area contributed by atoms with Crippen LogP contribution in [-0.2, 0) is 0 Å². The fourth-order valence-electron chi connectivity index (χ4n) is 3.09. The highest BCUT2D eigenvalue weighted by Crippen LogP contribution is 2.30. The first-order valence-electron chi connectivity index (χ1n) is 9.87. The Morgan fingerprint density at radius 1 is 1.20 bits per heavy atom. The quantitative estimate of drug-likeness (QED) is 0.478. The van der Waals surface area contributed by atoms with Gasteiger partial charge in [-0.15, -0.1) is 11.3 Å². The summed E-state index contributed by atoms with van der Waals surface area (Å²) >= 11 is 8.02. The number of benzene rings is 2. The van der Waals surface area contributed by atoms with E-state index in [-0.39, 0.29) is 11.9 Å². The lowest BCUT2D eigenvalue weighted by atomic mass is 10.0. The molecule has 0 aliphatic carbocycles. The van der Waals surface area contributed by atoms with E-state index >= 15 is 0 Å². The number of carbonyl (C=O) groups is 1. The number of hydrogen-bond acceptors (Lipinski definition) is 4. The molecule has 1 amide bonds. The highest BCUT2D eigenvalue weighted by Gasteiger charge is 2.16. The van der Waals surface area contributed by atoms with Crippen LogP contribution in [0.2, 0.25) is 5.02 Å². The molecule has 0 radical (unpaired) electrons. The zero-order valence-electron chi connectivity index (χ0n) is 17.7. The van der Waals surface area contributed by atoms with Crippen LogP contribution >= 0.6 is 22.9 Å². The van der Waals surface area contributed by atoms with Crippen LogP contribution in [0.25, 0.3) is 10.4 Å². The Labute approximate surface area is 187 Å². The van der Waals surface area contributed by atoms with Gasteiger partial charge in [0.25, 0.3) is 5.91 Å². The van der Waals surface area contributed by atoms with Crippen molar-refractivity contribution in [2.45, 2.75) is 19.9 Å². The topological polar surface area (TPSA) is 41.6 Å². The summed E-state index contributed by atoms with van der Waals surface area (Å²) in [5.74, 6) is 0.568. The summed E-state index contributed by atoms with van der Waals surface area (Å²) < 4.78 is 5.79. The van der Waals surface area contributed by atoms with Crippen LogP contribution in [0.3, 0.4) is 0 Å². The van der Waals surface area contributed by atoms with E-state index in [4.69, 9.17) is 16.3 Å². The largest absolute Gasteiger partial charge is 0.492 e. The van der Waals surface area contributed by atoms with Crippen molar-refractivity contribution >= 4 is 28.8 Å². The molecule has 6 heteroatoms. The minimum absolute atomic E-state index is 0.129. The molecule has 1 atom stereocenters. The lowest BCUT2D eigenvalue weighted by molar-refractivity contribution is 0.0938. The number of ether oxygens (including phenoxy) is 1. The van der Waals surface area contributed by atoms with Gasteiger partial charge in [0.15, 0.2) is 0 Å². The van der Waals surface area contributed by atoms with Crippen LogP contribution in [0.1, 0.15) is 34.5 Å². The van der Waals surface area contributed by atoms with Crippen LogP contribution in [0.4, 0.5) is 0 Å². The molecule has 158 valence electrons. The van der Waals surface area contributed by atoms with Gasteiger partial charge in [-0.05, 0) is 86.4 Å². The van der Waals surface area contributed by atoms with Gasteiger partial charge in [-0.3, -0.25) is 4.79 Å². The molecule has 0 spiro atoms. The van der Waals surface area contributed by atoms with E-state index in [0.717, 1.165) is 28.1 Å². The van der Waals surface area contributed by atoms with E-state index < -0.39 is 0 Å². The van der Waals surface area contributed by atoms with Crippen LogP contribution in [0.5, 0.6) is 5.75 Å².